The molecule has 2 atom stereocenters. The van der Waals surface area contributed by atoms with E-state index in [2.05, 4.69) is 36.1 Å². The number of aliphatic hydroxyl groups is 1. The first kappa shape index (κ1) is 16.0. The molecule has 1 saturated heterocycles. The predicted molar refractivity (Wildman–Crippen MR) is 85.0 cm³/mol. The van der Waals surface area contributed by atoms with Crippen molar-refractivity contribution in [2.24, 2.45) is 0 Å². The maximum Gasteiger partial charge on any atom is 0.276 e. The lowest BCUT2D eigenvalue weighted by Crippen LogP contribution is -2.54. The summed E-state index contributed by atoms with van der Waals surface area (Å²) in [5.41, 5.74) is 3.78. The summed E-state index contributed by atoms with van der Waals surface area (Å²) in [6, 6.07) is 2.58. The molecule has 21 heavy (non-hydrogen) atoms. The van der Waals surface area contributed by atoms with Gasteiger partial charge < -0.3 is 5.11 Å². The molecule has 0 bridgehead atoms. The van der Waals surface area contributed by atoms with Gasteiger partial charge >= 0.3 is 0 Å². The summed E-state index contributed by atoms with van der Waals surface area (Å²) in [7, 11) is 0. The second-order valence-corrected chi connectivity index (χ2v) is 6.33. The van der Waals surface area contributed by atoms with Crippen LogP contribution in [0.15, 0.2) is 11.4 Å². The highest BCUT2D eigenvalue weighted by Crippen LogP contribution is 2.22. The molecule has 0 aliphatic carbocycles. The minimum absolute atomic E-state index is 0.0431. The van der Waals surface area contributed by atoms with Crippen molar-refractivity contribution in [3.05, 3.63) is 21.9 Å². The van der Waals surface area contributed by atoms with Crippen molar-refractivity contribution in [3.63, 3.8) is 0 Å². The summed E-state index contributed by atoms with van der Waals surface area (Å²) in [5.74, 6) is 5.74. The van der Waals surface area contributed by atoms with Gasteiger partial charge in [-0.25, -0.2) is 5.01 Å². The third-order valence-corrected chi connectivity index (χ3v) is 4.67. The predicted octanol–water partition coefficient (Wildman–Crippen LogP) is 2.39. The Bertz CT molecular complexity index is 534. The van der Waals surface area contributed by atoms with Crippen LogP contribution < -0.4 is 5.43 Å². The fraction of sp³-hybridized carbons (Fsp3) is 0.562. The first-order valence-electron chi connectivity index (χ1n) is 7.40. The van der Waals surface area contributed by atoms with Gasteiger partial charge in [-0.05, 0) is 38.1 Å². The zero-order valence-electron chi connectivity index (χ0n) is 12.6. The number of thiophene rings is 1. The highest BCUT2D eigenvalue weighted by atomic mass is 32.1. The highest BCUT2D eigenvalue weighted by molar-refractivity contribution is 7.12. The summed E-state index contributed by atoms with van der Waals surface area (Å²) in [6.07, 6.45) is 3.86. The Morgan fingerprint density at radius 2 is 2.19 bits per heavy atom. The molecule has 0 saturated carbocycles. The van der Waals surface area contributed by atoms with Crippen molar-refractivity contribution < 1.29 is 9.90 Å². The van der Waals surface area contributed by atoms with Gasteiger partial charge in [-0.15, -0.1) is 11.3 Å². The number of carbonyl (C=O) groups is 1. The van der Waals surface area contributed by atoms with E-state index in [1.807, 2.05) is 11.4 Å². The van der Waals surface area contributed by atoms with E-state index >= 15 is 0 Å². The van der Waals surface area contributed by atoms with E-state index in [-0.39, 0.29) is 12.5 Å². The first-order chi connectivity index (χ1) is 10.1. The van der Waals surface area contributed by atoms with E-state index in [1.54, 1.807) is 0 Å². The Hall–Kier alpha value is -1.35. The molecule has 1 aromatic heterocycles. The monoisotopic (exact) mass is 306 g/mol. The standard InChI is InChI=1S/C16H22N2O2S/c1-12-6-5-7-13(2)18(12)17-16(20)15-14(9-11-21-15)8-3-4-10-19/h9,11-13,19H,4-7,10H2,1-2H3,(H,17,20). The average molecular weight is 306 g/mol. The van der Waals surface area contributed by atoms with Crippen LogP contribution in [0.4, 0.5) is 0 Å². The van der Waals surface area contributed by atoms with Crippen molar-refractivity contribution >= 4 is 17.2 Å². The van der Waals surface area contributed by atoms with E-state index in [9.17, 15) is 4.79 Å². The zero-order chi connectivity index (χ0) is 15.2. The Balaban J connectivity index is 2.07. The largest absolute Gasteiger partial charge is 0.395 e. The lowest BCUT2D eigenvalue weighted by atomic mass is 10.00. The fourth-order valence-corrected chi connectivity index (χ4v) is 3.35. The van der Waals surface area contributed by atoms with Crippen LogP contribution in [-0.4, -0.2) is 34.7 Å². The van der Waals surface area contributed by atoms with Gasteiger partial charge in [0.15, 0.2) is 0 Å². The first-order valence-corrected chi connectivity index (χ1v) is 8.28. The molecule has 0 radical (unpaired) electrons. The fourth-order valence-electron chi connectivity index (χ4n) is 2.61. The van der Waals surface area contributed by atoms with Gasteiger partial charge in [0.2, 0.25) is 0 Å². The van der Waals surface area contributed by atoms with E-state index in [0.29, 0.717) is 23.4 Å². The second kappa shape index (κ2) is 7.60. The number of hydrogen-bond acceptors (Lipinski definition) is 4. The van der Waals surface area contributed by atoms with Crippen LogP contribution in [0.2, 0.25) is 0 Å². The minimum Gasteiger partial charge on any atom is -0.395 e. The Morgan fingerprint density at radius 3 is 2.86 bits per heavy atom. The molecule has 2 unspecified atom stereocenters. The summed E-state index contributed by atoms with van der Waals surface area (Å²) in [4.78, 5) is 13.1. The molecule has 1 aliphatic rings. The average Bonchev–Trinajstić information content (AvgIpc) is 2.92. The van der Waals surface area contributed by atoms with Crippen molar-refractivity contribution in [3.8, 4) is 11.8 Å². The van der Waals surface area contributed by atoms with Gasteiger partial charge in [-0.1, -0.05) is 18.3 Å². The van der Waals surface area contributed by atoms with Crippen molar-refractivity contribution in [1.82, 2.24) is 10.4 Å². The Kier molecular flexibility index (Phi) is 5.80. The molecule has 2 rings (SSSR count). The molecule has 0 aromatic carbocycles. The molecule has 4 nitrogen and oxygen atoms in total. The van der Waals surface area contributed by atoms with Gasteiger partial charge in [0.1, 0.15) is 4.88 Å². The molecule has 5 heteroatoms. The number of amides is 1. The second-order valence-electron chi connectivity index (χ2n) is 5.42. The maximum atomic E-state index is 12.5. The van der Waals surface area contributed by atoms with Crippen LogP contribution in [-0.2, 0) is 0 Å². The van der Waals surface area contributed by atoms with Gasteiger partial charge in [-0.3, -0.25) is 10.2 Å². The van der Waals surface area contributed by atoms with Crippen LogP contribution in [0.5, 0.6) is 0 Å². The third kappa shape index (κ3) is 4.07. The van der Waals surface area contributed by atoms with Crippen molar-refractivity contribution in [2.75, 3.05) is 6.61 Å². The van der Waals surface area contributed by atoms with Gasteiger partial charge in [0.25, 0.3) is 5.91 Å². The lowest BCUT2D eigenvalue weighted by Gasteiger charge is -2.38. The summed E-state index contributed by atoms with van der Waals surface area (Å²) < 4.78 is 0. The molecule has 1 aliphatic heterocycles. The topological polar surface area (TPSA) is 52.6 Å². The van der Waals surface area contributed by atoms with Gasteiger partial charge in [0.05, 0.1) is 6.61 Å². The molecular weight excluding hydrogens is 284 g/mol. The summed E-state index contributed by atoms with van der Waals surface area (Å²) >= 11 is 1.40. The van der Waals surface area contributed by atoms with Gasteiger partial charge in [-0.2, -0.15) is 0 Å². The van der Waals surface area contributed by atoms with Crippen molar-refractivity contribution in [1.29, 1.82) is 0 Å². The normalized spacial score (nSPS) is 22.4. The van der Waals surface area contributed by atoms with Crippen LogP contribution in [0, 0.1) is 11.8 Å². The molecule has 1 aromatic rings. The lowest BCUT2D eigenvalue weighted by molar-refractivity contribution is 0.0372. The molecule has 114 valence electrons. The van der Waals surface area contributed by atoms with Crippen LogP contribution in [0.1, 0.15) is 54.8 Å². The third-order valence-electron chi connectivity index (χ3n) is 3.76. The Labute approximate surface area is 130 Å². The quantitative estimate of drug-likeness (QED) is 0.843. The number of hydrazine groups is 1. The number of nitrogens with zero attached hydrogens (tertiary/aromatic N) is 1. The Morgan fingerprint density at radius 1 is 1.48 bits per heavy atom. The number of rotatable bonds is 3. The zero-order valence-corrected chi connectivity index (χ0v) is 13.4. The van der Waals surface area contributed by atoms with E-state index < -0.39 is 0 Å². The minimum atomic E-state index is -0.0844. The molecule has 1 fully saturated rings. The molecule has 2 N–H and O–H groups in total. The van der Waals surface area contributed by atoms with Crippen LogP contribution in [0.3, 0.4) is 0 Å². The van der Waals surface area contributed by atoms with E-state index in [4.69, 9.17) is 5.11 Å². The van der Waals surface area contributed by atoms with Crippen LogP contribution >= 0.6 is 11.3 Å². The number of nitrogens with one attached hydrogen (secondary N) is 1. The highest BCUT2D eigenvalue weighted by Gasteiger charge is 2.27. The summed E-state index contributed by atoms with van der Waals surface area (Å²) in [5, 5.41) is 12.7. The van der Waals surface area contributed by atoms with E-state index in [0.717, 1.165) is 18.4 Å². The van der Waals surface area contributed by atoms with Crippen LogP contribution in [0.25, 0.3) is 0 Å². The maximum absolute atomic E-state index is 12.5. The number of hydrogen-bond donors (Lipinski definition) is 2. The number of carbonyl (C=O) groups excluding carboxylic acids is 1. The summed E-state index contributed by atoms with van der Waals surface area (Å²) in [6.45, 7) is 4.33. The van der Waals surface area contributed by atoms with Crippen molar-refractivity contribution in [2.45, 2.75) is 51.6 Å². The SMILES string of the molecule is CC1CCCC(C)N1NC(=O)c1sccc1C#CCCO. The number of piperidine rings is 1. The molecule has 1 amide bonds. The molecule has 0 spiro atoms. The molecule has 2 heterocycles. The molecular formula is C16H22N2O2S. The van der Waals surface area contributed by atoms with Gasteiger partial charge in [0, 0.05) is 24.1 Å². The van der Waals surface area contributed by atoms with E-state index in [1.165, 1.54) is 17.8 Å². The smallest absolute Gasteiger partial charge is 0.276 e. The number of aliphatic hydroxyl groups excluding tert-OH is 1.